The van der Waals surface area contributed by atoms with Crippen LogP contribution in [0.1, 0.15) is 96.8 Å². The van der Waals surface area contributed by atoms with E-state index in [4.69, 9.17) is 0 Å². The topological polar surface area (TPSA) is 74.7 Å². The normalized spacial score (nSPS) is 14.9. The van der Waals surface area contributed by atoms with Crippen LogP contribution in [0.15, 0.2) is 12.2 Å². The summed E-state index contributed by atoms with van der Waals surface area (Å²) in [4.78, 5) is 35.5. The quantitative estimate of drug-likeness (QED) is 0.282. The summed E-state index contributed by atoms with van der Waals surface area (Å²) in [5.74, 6) is -1.98. The molecule has 5 heteroatoms. The van der Waals surface area contributed by atoms with Crippen molar-refractivity contribution < 1.29 is 19.5 Å². The molecule has 1 heterocycles. The Balaban J connectivity index is 2.01. The van der Waals surface area contributed by atoms with E-state index in [1.54, 1.807) is 0 Å². The van der Waals surface area contributed by atoms with Crippen molar-refractivity contribution in [3.05, 3.63) is 12.2 Å². The highest BCUT2D eigenvalue weighted by molar-refractivity contribution is 6.12. The first-order valence-electron chi connectivity index (χ1n) is 10.8. The molecule has 0 aliphatic carbocycles. The van der Waals surface area contributed by atoms with Crippen molar-refractivity contribution >= 4 is 17.8 Å². The van der Waals surface area contributed by atoms with E-state index < -0.39 is 11.9 Å². The number of carboxylic acid groups (broad SMARTS) is 1. The zero-order valence-electron chi connectivity index (χ0n) is 17.0. The van der Waals surface area contributed by atoms with Crippen LogP contribution in [-0.4, -0.2) is 34.3 Å². The zero-order valence-corrected chi connectivity index (χ0v) is 17.0. The van der Waals surface area contributed by atoms with E-state index in [9.17, 15) is 19.5 Å². The standard InChI is InChI=1S/C22H37NO4/c1-2-3-4-5-6-7-8-9-10-11-12-13-14-19(22(26)27)17-18-23-20(24)15-16-21(23)25/h15-16,19H,2-14,17-18H2,1H3,(H,26,27). The molecule has 154 valence electrons. The largest absolute Gasteiger partial charge is 0.481 e. The van der Waals surface area contributed by atoms with Crippen LogP contribution < -0.4 is 0 Å². The molecular weight excluding hydrogens is 342 g/mol. The van der Waals surface area contributed by atoms with E-state index in [2.05, 4.69) is 6.92 Å². The third-order valence-electron chi connectivity index (χ3n) is 5.36. The van der Waals surface area contributed by atoms with Gasteiger partial charge in [0, 0.05) is 18.7 Å². The minimum atomic E-state index is -0.829. The summed E-state index contributed by atoms with van der Waals surface area (Å²) >= 11 is 0. The molecule has 0 saturated heterocycles. The first-order chi connectivity index (χ1) is 13.1. The maximum absolute atomic E-state index is 11.5. The first kappa shape index (κ1) is 23.4. The number of unbranched alkanes of at least 4 members (excludes halogenated alkanes) is 11. The van der Waals surface area contributed by atoms with Gasteiger partial charge in [-0.1, -0.05) is 84.0 Å². The molecule has 0 radical (unpaired) electrons. The van der Waals surface area contributed by atoms with Gasteiger partial charge in [0.2, 0.25) is 0 Å². The second-order valence-corrected chi connectivity index (χ2v) is 7.66. The van der Waals surface area contributed by atoms with Gasteiger partial charge in [0.1, 0.15) is 0 Å². The number of imide groups is 1. The van der Waals surface area contributed by atoms with Gasteiger partial charge in [-0.2, -0.15) is 0 Å². The van der Waals surface area contributed by atoms with Gasteiger partial charge in [-0.3, -0.25) is 19.3 Å². The average molecular weight is 380 g/mol. The molecule has 2 amide bonds. The number of amides is 2. The second-order valence-electron chi connectivity index (χ2n) is 7.66. The smallest absolute Gasteiger partial charge is 0.306 e. The molecule has 0 bridgehead atoms. The number of rotatable bonds is 17. The fourth-order valence-electron chi connectivity index (χ4n) is 3.56. The van der Waals surface area contributed by atoms with E-state index in [-0.39, 0.29) is 18.4 Å². The fourth-order valence-corrected chi connectivity index (χ4v) is 3.56. The summed E-state index contributed by atoms with van der Waals surface area (Å²) in [6.45, 7) is 2.44. The van der Waals surface area contributed by atoms with Crippen molar-refractivity contribution in [1.29, 1.82) is 0 Å². The van der Waals surface area contributed by atoms with E-state index >= 15 is 0 Å². The Kier molecular flexibility index (Phi) is 12.5. The highest BCUT2D eigenvalue weighted by Crippen LogP contribution is 2.18. The molecule has 27 heavy (non-hydrogen) atoms. The fraction of sp³-hybridized carbons (Fsp3) is 0.773. The van der Waals surface area contributed by atoms with Gasteiger partial charge in [0.15, 0.2) is 0 Å². The van der Waals surface area contributed by atoms with Crippen LogP contribution in [0.25, 0.3) is 0 Å². The molecule has 1 atom stereocenters. The monoisotopic (exact) mass is 379 g/mol. The molecule has 0 aromatic heterocycles. The molecule has 0 aromatic carbocycles. The van der Waals surface area contributed by atoms with Crippen molar-refractivity contribution in [2.75, 3.05) is 6.54 Å². The number of carboxylic acids is 1. The Labute approximate surface area is 164 Å². The molecule has 0 aromatic rings. The molecule has 1 rings (SSSR count). The zero-order chi connectivity index (χ0) is 19.9. The molecule has 5 nitrogen and oxygen atoms in total. The Morgan fingerprint density at radius 2 is 1.26 bits per heavy atom. The lowest BCUT2D eigenvalue weighted by molar-refractivity contribution is -0.144. The molecule has 0 saturated carbocycles. The van der Waals surface area contributed by atoms with Crippen LogP contribution in [0.3, 0.4) is 0 Å². The lowest BCUT2D eigenvalue weighted by Crippen LogP contribution is -2.33. The van der Waals surface area contributed by atoms with Crippen molar-refractivity contribution in [1.82, 2.24) is 4.90 Å². The van der Waals surface area contributed by atoms with Gasteiger partial charge in [-0.05, 0) is 12.8 Å². The maximum atomic E-state index is 11.5. The van der Waals surface area contributed by atoms with Gasteiger partial charge in [-0.25, -0.2) is 0 Å². The molecule has 0 spiro atoms. The number of hydrogen-bond acceptors (Lipinski definition) is 3. The Morgan fingerprint density at radius 3 is 1.70 bits per heavy atom. The maximum Gasteiger partial charge on any atom is 0.306 e. The van der Waals surface area contributed by atoms with E-state index in [0.717, 1.165) is 24.2 Å². The van der Waals surface area contributed by atoms with Crippen molar-refractivity contribution in [3.8, 4) is 0 Å². The summed E-state index contributed by atoms with van der Waals surface area (Å²) in [5, 5.41) is 9.35. The average Bonchev–Trinajstić information content (AvgIpc) is 2.96. The summed E-state index contributed by atoms with van der Waals surface area (Å²) in [5.41, 5.74) is 0. The number of carbonyl (C=O) groups excluding carboxylic acids is 2. The molecule has 1 aliphatic rings. The van der Waals surface area contributed by atoms with Gasteiger partial charge >= 0.3 is 5.97 Å². The van der Waals surface area contributed by atoms with Gasteiger partial charge in [0.25, 0.3) is 11.8 Å². The van der Waals surface area contributed by atoms with Gasteiger partial charge < -0.3 is 5.11 Å². The van der Waals surface area contributed by atoms with Crippen LogP contribution in [0.5, 0.6) is 0 Å². The second kappa shape index (κ2) is 14.4. The lowest BCUT2D eigenvalue weighted by atomic mass is 9.96. The lowest BCUT2D eigenvalue weighted by Gasteiger charge is -2.17. The van der Waals surface area contributed by atoms with Crippen LogP contribution in [0, 0.1) is 5.92 Å². The summed E-state index contributed by atoms with van der Waals surface area (Å²) in [6.07, 6.45) is 18.5. The van der Waals surface area contributed by atoms with Crippen LogP contribution in [0.4, 0.5) is 0 Å². The van der Waals surface area contributed by atoms with E-state index in [1.807, 2.05) is 0 Å². The van der Waals surface area contributed by atoms with Gasteiger partial charge in [0.05, 0.1) is 5.92 Å². The molecule has 1 aliphatic heterocycles. The van der Waals surface area contributed by atoms with E-state index in [0.29, 0.717) is 12.8 Å². The predicted molar refractivity (Wildman–Crippen MR) is 107 cm³/mol. The highest BCUT2D eigenvalue weighted by Gasteiger charge is 2.25. The molecule has 1 unspecified atom stereocenters. The van der Waals surface area contributed by atoms with Crippen molar-refractivity contribution in [2.45, 2.75) is 96.8 Å². The number of hydrogen-bond donors (Lipinski definition) is 1. The Morgan fingerprint density at radius 1 is 0.815 bits per heavy atom. The van der Waals surface area contributed by atoms with Gasteiger partial charge in [-0.15, -0.1) is 0 Å². The Bertz CT molecular complexity index is 469. The molecular formula is C22H37NO4. The Hall–Kier alpha value is -1.65. The van der Waals surface area contributed by atoms with Crippen LogP contribution in [-0.2, 0) is 14.4 Å². The minimum Gasteiger partial charge on any atom is -0.481 e. The SMILES string of the molecule is CCCCCCCCCCCCCCC(CCN1C(=O)C=CC1=O)C(=O)O. The van der Waals surface area contributed by atoms with Crippen molar-refractivity contribution in [3.63, 3.8) is 0 Å². The van der Waals surface area contributed by atoms with Crippen LogP contribution in [0.2, 0.25) is 0 Å². The van der Waals surface area contributed by atoms with E-state index in [1.165, 1.54) is 69.9 Å². The molecule has 1 N–H and O–H groups in total. The van der Waals surface area contributed by atoms with Crippen LogP contribution >= 0.6 is 0 Å². The number of nitrogens with zero attached hydrogens (tertiary/aromatic N) is 1. The number of aliphatic carboxylic acids is 1. The highest BCUT2D eigenvalue weighted by atomic mass is 16.4. The summed E-state index contributed by atoms with van der Waals surface area (Å²) < 4.78 is 0. The predicted octanol–water partition coefficient (Wildman–Crippen LogP) is 5.09. The minimum absolute atomic E-state index is 0.194. The third-order valence-corrected chi connectivity index (χ3v) is 5.36. The summed E-state index contributed by atoms with van der Waals surface area (Å²) in [6, 6.07) is 0. The third kappa shape index (κ3) is 10.3. The van der Waals surface area contributed by atoms with Crippen molar-refractivity contribution in [2.24, 2.45) is 5.92 Å². The number of carbonyl (C=O) groups is 3. The first-order valence-corrected chi connectivity index (χ1v) is 10.8. The summed E-state index contributed by atoms with van der Waals surface area (Å²) in [7, 11) is 0. The molecule has 0 fully saturated rings.